The minimum atomic E-state index is -0.0635. The van der Waals surface area contributed by atoms with E-state index in [0.29, 0.717) is 17.1 Å². The highest BCUT2D eigenvalue weighted by Gasteiger charge is 2.45. The van der Waals surface area contributed by atoms with Crippen molar-refractivity contribution in [1.29, 1.82) is 0 Å². The molecule has 3 atom stereocenters. The summed E-state index contributed by atoms with van der Waals surface area (Å²) in [4.78, 5) is 9.19. The van der Waals surface area contributed by atoms with Gasteiger partial charge in [-0.2, -0.15) is 0 Å². The maximum absolute atomic E-state index is 10.3. The third-order valence-electron chi connectivity index (χ3n) is 13.8. The van der Waals surface area contributed by atoms with Gasteiger partial charge in [-0.1, -0.05) is 72.8 Å². The van der Waals surface area contributed by atoms with Gasteiger partial charge >= 0.3 is 0 Å². The molecule has 1 saturated heterocycles. The summed E-state index contributed by atoms with van der Waals surface area (Å²) in [7, 11) is 0. The molecule has 4 heterocycles. The summed E-state index contributed by atoms with van der Waals surface area (Å²) in [6.45, 7) is 10.9. The van der Waals surface area contributed by atoms with E-state index in [2.05, 4.69) is 125 Å². The van der Waals surface area contributed by atoms with Gasteiger partial charge in [0, 0.05) is 40.7 Å². The highest BCUT2D eigenvalue weighted by atomic mass is 32.1. The first-order chi connectivity index (χ1) is 27.2. The monoisotopic (exact) mass is 757 g/mol. The van der Waals surface area contributed by atoms with E-state index >= 15 is 0 Å². The van der Waals surface area contributed by atoms with Crippen LogP contribution in [0.4, 0.5) is 5.69 Å². The van der Waals surface area contributed by atoms with E-state index < -0.39 is 0 Å². The topological polar surface area (TPSA) is 66.5 Å². The van der Waals surface area contributed by atoms with E-state index in [1.165, 1.54) is 85.8 Å². The van der Waals surface area contributed by atoms with Crippen molar-refractivity contribution in [3.8, 4) is 10.8 Å². The largest absolute Gasteiger partial charge is 0.508 e. The molecule has 10 rings (SSSR count). The second-order valence-corrected chi connectivity index (χ2v) is 18.4. The van der Waals surface area contributed by atoms with Crippen LogP contribution in [0.1, 0.15) is 118 Å². The first kappa shape index (κ1) is 35.4. The quantitative estimate of drug-likeness (QED) is 0.184. The minimum absolute atomic E-state index is 0.0635. The van der Waals surface area contributed by atoms with Gasteiger partial charge in [0.25, 0.3) is 0 Å². The number of benzene rings is 4. The first-order valence-electron chi connectivity index (χ1n) is 20.6. The number of rotatable bonds is 6. The Kier molecular flexibility index (Phi) is 8.77. The Hall–Kier alpha value is -5.01. The van der Waals surface area contributed by atoms with Crippen molar-refractivity contribution >= 4 is 22.7 Å². The second-order valence-electron chi connectivity index (χ2n) is 17.2. The second kappa shape index (κ2) is 13.9. The summed E-state index contributed by atoms with van der Waals surface area (Å²) in [5.41, 5.74) is 13.5. The van der Waals surface area contributed by atoms with Crippen LogP contribution in [0.15, 0.2) is 102 Å². The molecule has 1 spiro atoms. The van der Waals surface area contributed by atoms with Crippen LogP contribution < -0.4 is 4.90 Å². The van der Waals surface area contributed by atoms with Crippen molar-refractivity contribution in [3.63, 3.8) is 0 Å². The number of phenols is 1. The zero-order chi connectivity index (χ0) is 38.1. The maximum atomic E-state index is 10.3. The summed E-state index contributed by atoms with van der Waals surface area (Å²) in [5.74, 6) is 3.68. The fraction of sp³-hybridized carbons (Fsp3) is 0.367. The number of aromatic nitrogens is 3. The highest BCUT2D eigenvalue weighted by molar-refractivity contribution is 7.15. The number of aliphatic imine (C=N–C) groups is 1. The fourth-order valence-electron chi connectivity index (χ4n) is 10.7. The minimum Gasteiger partial charge on any atom is -0.508 e. The lowest BCUT2D eigenvalue weighted by atomic mass is 9.56. The van der Waals surface area contributed by atoms with Crippen LogP contribution >= 0.6 is 11.3 Å². The average molecular weight is 758 g/mol. The van der Waals surface area contributed by atoms with Gasteiger partial charge in [0.1, 0.15) is 22.6 Å². The number of fused-ring (bicyclic) bond motifs is 4. The number of piperidine rings is 1. The van der Waals surface area contributed by atoms with Gasteiger partial charge < -0.3 is 10.0 Å². The van der Waals surface area contributed by atoms with E-state index in [9.17, 15) is 5.11 Å². The zero-order valence-electron chi connectivity index (χ0n) is 33.0. The maximum Gasteiger partial charge on any atom is 0.162 e. The van der Waals surface area contributed by atoms with Gasteiger partial charge in [-0.25, -0.2) is 0 Å². The van der Waals surface area contributed by atoms with Crippen LogP contribution in [0.5, 0.6) is 5.75 Å². The van der Waals surface area contributed by atoms with E-state index in [1.54, 1.807) is 0 Å². The van der Waals surface area contributed by atoms with Crippen molar-refractivity contribution in [1.82, 2.24) is 14.8 Å². The molecule has 0 radical (unpaired) electrons. The number of hydrogen-bond acceptors (Lipinski definition) is 6. The summed E-state index contributed by atoms with van der Waals surface area (Å²) in [6.07, 6.45) is 8.50. The molecule has 4 aromatic carbocycles. The summed E-state index contributed by atoms with van der Waals surface area (Å²) >= 11 is 1.82. The van der Waals surface area contributed by atoms with Crippen molar-refractivity contribution in [2.75, 3.05) is 18.0 Å². The first-order valence-corrected chi connectivity index (χ1v) is 21.5. The zero-order valence-corrected chi connectivity index (χ0v) is 33.8. The van der Waals surface area contributed by atoms with E-state index in [0.717, 1.165) is 55.6 Å². The molecule has 4 aliphatic rings. The third-order valence-corrected chi connectivity index (χ3v) is 15.0. The number of aryl methyl sites for hydroxylation is 3. The van der Waals surface area contributed by atoms with E-state index in [-0.39, 0.29) is 12.0 Å². The number of aromatic hydroxyl groups is 1. The Labute approximate surface area is 335 Å². The van der Waals surface area contributed by atoms with Crippen molar-refractivity contribution in [2.24, 2.45) is 16.3 Å². The third kappa shape index (κ3) is 6.10. The Balaban J connectivity index is 0.784. The van der Waals surface area contributed by atoms with Crippen LogP contribution in [0.2, 0.25) is 0 Å². The molecule has 2 aromatic heterocycles. The van der Waals surface area contributed by atoms with Gasteiger partial charge in [-0.15, -0.1) is 21.5 Å². The van der Waals surface area contributed by atoms with E-state index in [4.69, 9.17) is 4.99 Å². The van der Waals surface area contributed by atoms with Crippen LogP contribution in [-0.2, 0) is 12.8 Å². The average Bonchev–Trinajstić information content (AvgIpc) is 3.70. The Morgan fingerprint density at radius 3 is 2.34 bits per heavy atom. The lowest BCUT2D eigenvalue weighted by Gasteiger charge is -2.53. The smallest absolute Gasteiger partial charge is 0.162 e. The normalized spacial score (nSPS) is 21.5. The number of phenolic OH excluding ortho intramolecular Hbond substituents is 1. The summed E-state index contributed by atoms with van der Waals surface area (Å²) < 4.78 is 2.22. The summed E-state index contributed by atoms with van der Waals surface area (Å²) in [5, 5.41) is 20.4. The highest BCUT2D eigenvalue weighted by Crippen LogP contribution is 2.54. The molecule has 1 saturated carbocycles. The number of anilines is 1. The lowest BCUT2D eigenvalue weighted by Crippen LogP contribution is -2.47. The van der Waals surface area contributed by atoms with Gasteiger partial charge in [-0.05, 0) is 148 Å². The predicted molar refractivity (Wildman–Crippen MR) is 228 cm³/mol. The number of hydrogen-bond donors (Lipinski definition) is 1. The molecule has 2 aliphatic heterocycles. The van der Waals surface area contributed by atoms with Gasteiger partial charge in [0.05, 0.1) is 5.71 Å². The molecule has 0 bridgehead atoms. The fourth-order valence-corrected chi connectivity index (χ4v) is 12.0. The molecule has 6 nitrogen and oxygen atoms in total. The summed E-state index contributed by atoms with van der Waals surface area (Å²) in [6, 6.07) is 35.7. The molecule has 6 aromatic rings. The molecule has 7 heteroatoms. The van der Waals surface area contributed by atoms with Crippen molar-refractivity contribution < 1.29 is 5.11 Å². The molecular weight excluding hydrogens is 707 g/mol. The Morgan fingerprint density at radius 1 is 0.839 bits per heavy atom. The van der Waals surface area contributed by atoms with Crippen LogP contribution in [0.3, 0.4) is 0 Å². The SMILES string of the molecule is Cc1sc2c(c1C)C(c1ccc(CC3CC4(CCN(c5ccc([C@H]6c7ccc(O)cc7CC[C@H]6c6ccccc6)cc5)CC4)C3)cc1)=N[C@@H](C)c1nnc(C)n1-2. The number of nitrogens with zero attached hydrogens (tertiary/aromatic N) is 5. The molecule has 2 aliphatic carbocycles. The van der Waals surface area contributed by atoms with Gasteiger partial charge in [0.15, 0.2) is 5.82 Å². The Morgan fingerprint density at radius 2 is 1.59 bits per heavy atom. The predicted octanol–water partition coefficient (Wildman–Crippen LogP) is 11.0. The molecule has 56 heavy (non-hydrogen) atoms. The lowest BCUT2D eigenvalue weighted by molar-refractivity contribution is 0.0283. The molecular formula is C49H51N5OS. The molecule has 1 N–H and O–H groups in total. The van der Waals surface area contributed by atoms with Gasteiger partial charge in [-0.3, -0.25) is 9.56 Å². The van der Waals surface area contributed by atoms with Crippen molar-refractivity contribution in [3.05, 3.63) is 158 Å². The molecule has 284 valence electrons. The van der Waals surface area contributed by atoms with Crippen LogP contribution in [0, 0.1) is 32.1 Å². The number of thiophene rings is 1. The van der Waals surface area contributed by atoms with Gasteiger partial charge in [0.2, 0.25) is 0 Å². The molecule has 0 amide bonds. The Bertz CT molecular complexity index is 2430. The van der Waals surface area contributed by atoms with E-state index in [1.807, 2.05) is 30.4 Å². The van der Waals surface area contributed by atoms with Crippen LogP contribution in [0.25, 0.3) is 5.00 Å². The molecule has 2 fully saturated rings. The van der Waals surface area contributed by atoms with Crippen molar-refractivity contribution in [2.45, 2.75) is 90.5 Å². The van der Waals surface area contributed by atoms with Crippen LogP contribution in [-0.4, -0.2) is 38.7 Å². The molecule has 0 unspecified atom stereocenters. The standard InChI is InChI=1S/C49H51N5OS/c1-30-32(3)56-48-44(30)46(50-31(2)47-52-51-33(4)54(47)48)38-12-10-34(11-13-38)26-35-28-49(29-35)22-24-53(25-23-49)40-17-14-37(15-18-40)45-42(36-8-6-5-7-9-36)20-16-39-27-41(55)19-21-43(39)45/h5-15,17-19,21,27,31,35,42,45,55H,16,20,22-26,28-29H2,1-4H3/t31-,42-,45+/m0/s1.